The van der Waals surface area contributed by atoms with Crippen molar-refractivity contribution >= 4 is 22.9 Å². The van der Waals surface area contributed by atoms with Crippen LogP contribution in [0.2, 0.25) is 0 Å². The van der Waals surface area contributed by atoms with E-state index in [0.29, 0.717) is 11.2 Å². The minimum Gasteiger partial charge on any atom is -0.389 e. The van der Waals surface area contributed by atoms with E-state index in [4.69, 9.17) is 17.2 Å². The van der Waals surface area contributed by atoms with E-state index >= 15 is 0 Å². The molecule has 1 aliphatic rings. The second-order valence-corrected chi connectivity index (χ2v) is 4.94. The van der Waals surface area contributed by atoms with Gasteiger partial charge < -0.3 is 26.9 Å². The molecule has 7 N–H and O–H groups in total. The van der Waals surface area contributed by atoms with Gasteiger partial charge in [0.05, 0.1) is 18.5 Å². The van der Waals surface area contributed by atoms with E-state index in [1.807, 2.05) is 0 Å². The number of nitrogen functional groups attached to an aromatic ring is 2. The smallest absolute Gasteiger partial charge is 0.224 e. The van der Waals surface area contributed by atoms with E-state index in [9.17, 15) is 5.11 Å². The van der Waals surface area contributed by atoms with E-state index in [0.717, 1.165) is 19.3 Å². The first-order valence-electron chi connectivity index (χ1n) is 6.27. The van der Waals surface area contributed by atoms with Gasteiger partial charge in [0.15, 0.2) is 11.5 Å². The molecule has 2 aromatic rings. The standard InChI is InChI=1S/C11H17N7O/c12-5-2-1-3-6(8(5)19)18-4-15-7-9(13)16-11(14)17-10(7)18/h4-6,8,19H,1-3,12H2,(H4,13,14,16,17)/t5-,6-,8-/m1/s1. The van der Waals surface area contributed by atoms with Crippen LogP contribution in [-0.2, 0) is 0 Å². The maximum Gasteiger partial charge on any atom is 0.224 e. The van der Waals surface area contributed by atoms with Crippen LogP contribution in [0.3, 0.4) is 0 Å². The number of nitrogens with zero attached hydrogens (tertiary/aromatic N) is 4. The van der Waals surface area contributed by atoms with Crippen LogP contribution in [0.4, 0.5) is 11.8 Å². The fraction of sp³-hybridized carbons (Fsp3) is 0.545. The van der Waals surface area contributed by atoms with E-state index < -0.39 is 6.10 Å². The summed E-state index contributed by atoms with van der Waals surface area (Å²) in [6, 6.07) is -0.379. The van der Waals surface area contributed by atoms with E-state index in [-0.39, 0.29) is 23.8 Å². The topological polar surface area (TPSA) is 142 Å². The largest absolute Gasteiger partial charge is 0.389 e. The number of hydrogen-bond acceptors (Lipinski definition) is 7. The van der Waals surface area contributed by atoms with Crippen LogP contribution in [0.5, 0.6) is 0 Å². The van der Waals surface area contributed by atoms with Crippen molar-refractivity contribution in [3.8, 4) is 0 Å². The summed E-state index contributed by atoms with van der Waals surface area (Å²) >= 11 is 0. The highest BCUT2D eigenvalue weighted by Gasteiger charge is 2.32. The van der Waals surface area contributed by atoms with Gasteiger partial charge in [-0.1, -0.05) is 0 Å². The number of aliphatic hydroxyl groups excluding tert-OH is 1. The van der Waals surface area contributed by atoms with Gasteiger partial charge >= 0.3 is 0 Å². The summed E-state index contributed by atoms with van der Waals surface area (Å²) in [6.07, 6.45) is 3.59. The molecule has 102 valence electrons. The first-order chi connectivity index (χ1) is 9.08. The molecule has 2 heterocycles. The molecule has 19 heavy (non-hydrogen) atoms. The molecule has 0 radical (unpaired) electrons. The third kappa shape index (κ3) is 1.89. The fourth-order valence-corrected chi connectivity index (χ4v) is 2.69. The maximum absolute atomic E-state index is 10.2. The quantitative estimate of drug-likeness (QED) is 0.538. The van der Waals surface area contributed by atoms with Crippen molar-refractivity contribution in [1.82, 2.24) is 19.5 Å². The molecule has 8 heteroatoms. The van der Waals surface area contributed by atoms with Crippen molar-refractivity contribution in [2.24, 2.45) is 5.73 Å². The number of rotatable bonds is 1. The Labute approximate surface area is 109 Å². The van der Waals surface area contributed by atoms with E-state index in [1.54, 1.807) is 10.9 Å². The lowest BCUT2D eigenvalue weighted by Gasteiger charge is -2.33. The van der Waals surface area contributed by atoms with E-state index in [1.165, 1.54) is 0 Å². The highest BCUT2D eigenvalue weighted by Crippen LogP contribution is 2.31. The average molecular weight is 263 g/mol. The Balaban J connectivity index is 2.10. The molecule has 8 nitrogen and oxygen atoms in total. The highest BCUT2D eigenvalue weighted by atomic mass is 16.3. The number of anilines is 2. The molecule has 0 saturated heterocycles. The lowest BCUT2D eigenvalue weighted by atomic mass is 9.88. The SMILES string of the molecule is Nc1nc(N)c2ncn([C@@H]3CCC[C@@H](N)[C@H]3O)c2n1. The predicted octanol–water partition coefficient (Wildman–Crippen LogP) is -0.596. The second kappa shape index (κ2) is 4.32. The van der Waals surface area contributed by atoms with Gasteiger partial charge in [-0.2, -0.15) is 9.97 Å². The summed E-state index contributed by atoms with van der Waals surface area (Å²) in [6.45, 7) is 0. The molecule has 0 bridgehead atoms. The van der Waals surface area contributed by atoms with Crippen LogP contribution >= 0.6 is 0 Å². The van der Waals surface area contributed by atoms with Crippen molar-refractivity contribution in [2.75, 3.05) is 11.5 Å². The Kier molecular flexibility index (Phi) is 2.76. The van der Waals surface area contributed by atoms with Crippen LogP contribution < -0.4 is 17.2 Å². The van der Waals surface area contributed by atoms with Gasteiger partial charge in [-0.3, -0.25) is 0 Å². The Morgan fingerprint density at radius 1 is 1.26 bits per heavy atom. The van der Waals surface area contributed by atoms with Crippen molar-refractivity contribution in [2.45, 2.75) is 37.5 Å². The van der Waals surface area contributed by atoms with Crippen LogP contribution in [0.15, 0.2) is 6.33 Å². The van der Waals surface area contributed by atoms with Gasteiger partial charge in [-0.25, -0.2) is 4.98 Å². The van der Waals surface area contributed by atoms with Crippen molar-refractivity contribution < 1.29 is 5.11 Å². The third-order valence-corrected chi connectivity index (χ3v) is 3.69. The van der Waals surface area contributed by atoms with Gasteiger partial charge in [0.25, 0.3) is 0 Å². The molecule has 0 unspecified atom stereocenters. The zero-order valence-electron chi connectivity index (χ0n) is 10.4. The Bertz CT molecular complexity index is 610. The molecule has 0 spiro atoms. The summed E-state index contributed by atoms with van der Waals surface area (Å²) in [5.74, 6) is 0.345. The normalized spacial score (nSPS) is 27.8. The summed E-state index contributed by atoms with van der Waals surface area (Å²) in [5.41, 5.74) is 18.3. The van der Waals surface area contributed by atoms with Crippen LogP contribution in [0.1, 0.15) is 25.3 Å². The van der Waals surface area contributed by atoms with Gasteiger partial charge in [0, 0.05) is 6.04 Å². The molecule has 0 amide bonds. The maximum atomic E-state index is 10.2. The van der Waals surface area contributed by atoms with Gasteiger partial charge in [-0.05, 0) is 19.3 Å². The number of hydrogen-bond donors (Lipinski definition) is 4. The number of fused-ring (bicyclic) bond motifs is 1. The number of aromatic nitrogens is 4. The molecule has 3 rings (SSSR count). The van der Waals surface area contributed by atoms with Gasteiger partial charge in [0.1, 0.15) is 5.52 Å². The van der Waals surface area contributed by atoms with Crippen LogP contribution in [0, 0.1) is 0 Å². The lowest BCUT2D eigenvalue weighted by molar-refractivity contribution is 0.0585. The summed E-state index contributed by atoms with van der Waals surface area (Å²) in [4.78, 5) is 12.2. The second-order valence-electron chi connectivity index (χ2n) is 4.94. The highest BCUT2D eigenvalue weighted by molar-refractivity contribution is 5.82. The first-order valence-corrected chi connectivity index (χ1v) is 6.27. The molecule has 1 fully saturated rings. The monoisotopic (exact) mass is 263 g/mol. The van der Waals surface area contributed by atoms with Crippen molar-refractivity contribution in [3.63, 3.8) is 0 Å². The molecule has 3 atom stereocenters. The molecule has 0 aromatic carbocycles. The lowest BCUT2D eigenvalue weighted by Crippen LogP contribution is -2.44. The first kappa shape index (κ1) is 12.1. The van der Waals surface area contributed by atoms with Gasteiger partial charge in [-0.15, -0.1) is 0 Å². The Morgan fingerprint density at radius 3 is 2.84 bits per heavy atom. The Morgan fingerprint density at radius 2 is 2.05 bits per heavy atom. The minimum absolute atomic E-state index is 0.0985. The minimum atomic E-state index is -0.622. The fourth-order valence-electron chi connectivity index (χ4n) is 2.69. The number of aliphatic hydroxyl groups is 1. The molecule has 1 saturated carbocycles. The summed E-state index contributed by atoms with van der Waals surface area (Å²) in [5, 5.41) is 10.2. The predicted molar refractivity (Wildman–Crippen MR) is 71.0 cm³/mol. The third-order valence-electron chi connectivity index (χ3n) is 3.69. The zero-order chi connectivity index (χ0) is 13.6. The summed E-state index contributed by atoms with van der Waals surface area (Å²) in [7, 11) is 0. The molecular formula is C11H17N7O. The van der Waals surface area contributed by atoms with Crippen LogP contribution in [-0.4, -0.2) is 36.8 Å². The van der Waals surface area contributed by atoms with E-state index in [2.05, 4.69) is 15.0 Å². The molecule has 1 aliphatic carbocycles. The van der Waals surface area contributed by atoms with Gasteiger partial charge in [0.2, 0.25) is 5.95 Å². The molecular weight excluding hydrogens is 246 g/mol. The average Bonchev–Trinajstić information content (AvgIpc) is 2.76. The Hall–Kier alpha value is -1.93. The molecule has 2 aromatic heterocycles. The number of imidazole rings is 1. The van der Waals surface area contributed by atoms with Crippen molar-refractivity contribution in [1.29, 1.82) is 0 Å². The zero-order valence-corrected chi connectivity index (χ0v) is 10.4. The van der Waals surface area contributed by atoms with Crippen LogP contribution in [0.25, 0.3) is 11.2 Å². The summed E-state index contributed by atoms with van der Waals surface area (Å²) < 4.78 is 1.80. The molecule has 0 aliphatic heterocycles. The van der Waals surface area contributed by atoms with Crippen molar-refractivity contribution in [3.05, 3.63) is 6.33 Å². The number of nitrogens with two attached hydrogens (primary N) is 3.